The van der Waals surface area contributed by atoms with Gasteiger partial charge in [-0.2, -0.15) is 0 Å². The van der Waals surface area contributed by atoms with Crippen LogP contribution in [0.15, 0.2) is 11.4 Å². The molecule has 1 amide bonds. The number of aliphatic hydroxyl groups is 1. The first-order valence-corrected chi connectivity index (χ1v) is 8.80. The Kier molecular flexibility index (Phi) is 4.93. The average Bonchev–Trinajstić information content (AvgIpc) is 3.00. The molecule has 0 radical (unpaired) electrons. The van der Waals surface area contributed by atoms with Crippen LogP contribution in [-0.4, -0.2) is 53.6 Å². The standard InChI is InChI=1S/C16H24N2O2S/c19-12-13-1-6-17(7-2-13)8-4-16(20)18-9-3-15-14(11-18)5-10-21-15/h5,10,13,19H,1-4,6-9,11-12H2. The van der Waals surface area contributed by atoms with Gasteiger partial charge in [-0.1, -0.05) is 0 Å². The van der Waals surface area contributed by atoms with E-state index in [2.05, 4.69) is 16.3 Å². The summed E-state index contributed by atoms with van der Waals surface area (Å²) < 4.78 is 0. The third-order valence-corrected chi connectivity index (χ3v) is 5.79. The first kappa shape index (κ1) is 15.0. The number of thiophene rings is 1. The molecule has 4 nitrogen and oxygen atoms in total. The Balaban J connectivity index is 1.43. The van der Waals surface area contributed by atoms with Crippen LogP contribution in [0.1, 0.15) is 29.7 Å². The predicted octanol–water partition coefficient (Wildman–Crippen LogP) is 1.73. The molecule has 1 aromatic rings. The minimum absolute atomic E-state index is 0.288. The Labute approximate surface area is 130 Å². The Morgan fingerprint density at radius 2 is 2.14 bits per heavy atom. The zero-order chi connectivity index (χ0) is 14.7. The zero-order valence-corrected chi connectivity index (χ0v) is 13.3. The molecule has 0 saturated carbocycles. The van der Waals surface area contributed by atoms with Crippen LogP contribution in [0.2, 0.25) is 0 Å². The Hall–Kier alpha value is -0.910. The lowest BCUT2D eigenvalue weighted by molar-refractivity contribution is -0.132. The molecular weight excluding hydrogens is 284 g/mol. The molecule has 116 valence electrons. The lowest BCUT2D eigenvalue weighted by Gasteiger charge is -2.32. The first-order chi connectivity index (χ1) is 10.3. The van der Waals surface area contributed by atoms with E-state index in [9.17, 15) is 4.79 Å². The topological polar surface area (TPSA) is 43.8 Å². The average molecular weight is 308 g/mol. The van der Waals surface area contributed by atoms with Crippen molar-refractivity contribution in [2.45, 2.75) is 32.2 Å². The molecule has 1 aromatic heterocycles. The van der Waals surface area contributed by atoms with E-state index in [1.54, 1.807) is 0 Å². The molecule has 0 unspecified atom stereocenters. The van der Waals surface area contributed by atoms with Crippen molar-refractivity contribution < 1.29 is 9.90 Å². The van der Waals surface area contributed by atoms with Gasteiger partial charge < -0.3 is 14.9 Å². The lowest BCUT2D eigenvalue weighted by Crippen LogP contribution is -2.40. The van der Waals surface area contributed by atoms with Crippen molar-refractivity contribution in [1.82, 2.24) is 9.80 Å². The highest BCUT2D eigenvalue weighted by Crippen LogP contribution is 2.24. The number of nitrogens with zero attached hydrogens (tertiary/aromatic N) is 2. The summed E-state index contributed by atoms with van der Waals surface area (Å²) in [5.41, 5.74) is 1.34. The molecule has 1 saturated heterocycles. The summed E-state index contributed by atoms with van der Waals surface area (Å²) in [6, 6.07) is 2.15. The summed E-state index contributed by atoms with van der Waals surface area (Å²) in [6.07, 6.45) is 3.77. The summed E-state index contributed by atoms with van der Waals surface area (Å²) in [6.45, 7) is 4.89. The van der Waals surface area contributed by atoms with Gasteiger partial charge in [0.05, 0.1) is 0 Å². The number of hydrogen-bond acceptors (Lipinski definition) is 4. The van der Waals surface area contributed by atoms with Crippen LogP contribution < -0.4 is 0 Å². The van der Waals surface area contributed by atoms with E-state index in [0.29, 0.717) is 18.9 Å². The minimum Gasteiger partial charge on any atom is -0.396 e. The first-order valence-electron chi connectivity index (χ1n) is 7.92. The van der Waals surface area contributed by atoms with E-state index in [1.165, 1.54) is 10.4 Å². The molecule has 3 rings (SSSR count). The maximum absolute atomic E-state index is 12.4. The Bertz CT molecular complexity index is 480. The number of amides is 1. The number of likely N-dealkylation sites (tertiary alicyclic amines) is 1. The van der Waals surface area contributed by atoms with E-state index >= 15 is 0 Å². The zero-order valence-electron chi connectivity index (χ0n) is 12.5. The summed E-state index contributed by atoms with van der Waals surface area (Å²) in [5.74, 6) is 0.757. The fourth-order valence-electron chi connectivity index (χ4n) is 3.27. The molecule has 0 spiro atoms. The van der Waals surface area contributed by atoms with Crippen LogP contribution in [0, 0.1) is 5.92 Å². The van der Waals surface area contributed by atoms with E-state index in [4.69, 9.17) is 5.11 Å². The van der Waals surface area contributed by atoms with E-state index in [-0.39, 0.29) is 5.91 Å². The number of hydrogen-bond donors (Lipinski definition) is 1. The molecule has 1 N–H and O–H groups in total. The molecular formula is C16H24N2O2S. The number of piperidine rings is 1. The molecule has 3 heterocycles. The van der Waals surface area contributed by atoms with Crippen LogP contribution in [0.3, 0.4) is 0 Å². The Morgan fingerprint density at radius 1 is 1.33 bits per heavy atom. The molecule has 0 aromatic carbocycles. The van der Waals surface area contributed by atoms with Crippen molar-refractivity contribution in [2.24, 2.45) is 5.92 Å². The van der Waals surface area contributed by atoms with Crippen LogP contribution >= 0.6 is 11.3 Å². The van der Waals surface area contributed by atoms with Crippen molar-refractivity contribution >= 4 is 17.2 Å². The van der Waals surface area contributed by atoms with Crippen molar-refractivity contribution in [1.29, 1.82) is 0 Å². The second-order valence-corrected chi connectivity index (χ2v) is 7.15. The number of carbonyl (C=O) groups excluding carboxylic acids is 1. The van der Waals surface area contributed by atoms with Crippen molar-refractivity contribution in [3.63, 3.8) is 0 Å². The largest absolute Gasteiger partial charge is 0.396 e. The number of rotatable bonds is 4. The van der Waals surface area contributed by atoms with Gasteiger partial charge in [-0.25, -0.2) is 0 Å². The third-order valence-electron chi connectivity index (χ3n) is 4.77. The van der Waals surface area contributed by atoms with Gasteiger partial charge in [0, 0.05) is 37.5 Å². The van der Waals surface area contributed by atoms with Crippen LogP contribution in [-0.2, 0) is 17.8 Å². The molecule has 5 heteroatoms. The highest BCUT2D eigenvalue weighted by molar-refractivity contribution is 7.10. The van der Waals surface area contributed by atoms with Gasteiger partial charge in [-0.3, -0.25) is 4.79 Å². The van der Waals surface area contributed by atoms with Crippen LogP contribution in [0.25, 0.3) is 0 Å². The van der Waals surface area contributed by atoms with E-state index in [1.807, 2.05) is 16.2 Å². The Morgan fingerprint density at radius 3 is 2.90 bits per heavy atom. The molecule has 1 fully saturated rings. The highest BCUT2D eigenvalue weighted by atomic mass is 32.1. The predicted molar refractivity (Wildman–Crippen MR) is 84.3 cm³/mol. The second kappa shape index (κ2) is 6.90. The van der Waals surface area contributed by atoms with Gasteiger partial charge in [-0.15, -0.1) is 11.3 Å². The van der Waals surface area contributed by atoms with Crippen LogP contribution in [0.4, 0.5) is 0 Å². The molecule has 21 heavy (non-hydrogen) atoms. The second-order valence-electron chi connectivity index (χ2n) is 6.15. The van der Waals surface area contributed by atoms with Gasteiger partial charge >= 0.3 is 0 Å². The van der Waals surface area contributed by atoms with Gasteiger partial charge in [-0.05, 0) is 55.3 Å². The molecule has 2 aliphatic heterocycles. The maximum atomic E-state index is 12.4. The summed E-state index contributed by atoms with van der Waals surface area (Å²) in [7, 11) is 0. The number of fused-ring (bicyclic) bond motifs is 1. The van der Waals surface area contributed by atoms with Gasteiger partial charge in [0.15, 0.2) is 0 Å². The van der Waals surface area contributed by atoms with Crippen molar-refractivity contribution in [3.8, 4) is 0 Å². The normalized spacial score (nSPS) is 20.5. The molecule has 0 aliphatic carbocycles. The molecule has 2 aliphatic rings. The summed E-state index contributed by atoms with van der Waals surface area (Å²) in [5, 5.41) is 11.3. The lowest BCUT2D eigenvalue weighted by atomic mass is 9.98. The van der Waals surface area contributed by atoms with E-state index < -0.39 is 0 Å². The maximum Gasteiger partial charge on any atom is 0.224 e. The molecule has 0 bridgehead atoms. The van der Waals surface area contributed by atoms with Gasteiger partial charge in [0.1, 0.15) is 0 Å². The quantitative estimate of drug-likeness (QED) is 0.921. The smallest absolute Gasteiger partial charge is 0.224 e. The number of carbonyl (C=O) groups is 1. The fourth-order valence-corrected chi connectivity index (χ4v) is 4.16. The van der Waals surface area contributed by atoms with Crippen molar-refractivity contribution in [3.05, 3.63) is 21.9 Å². The van der Waals surface area contributed by atoms with E-state index in [0.717, 1.165) is 52.0 Å². The third kappa shape index (κ3) is 3.65. The van der Waals surface area contributed by atoms with Crippen molar-refractivity contribution in [2.75, 3.05) is 32.8 Å². The highest BCUT2D eigenvalue weighted by Gasteiger charge is 2.23. The van der Waals surface area contributed by atoms with Gasteiger partial charge in [0.2, 0.25) is 5.91 Å². The fraction of sp³-hybridized carbons (Fsp3) is 0.688. The summed E-state index contributed by atoms with van der Waals surface area (Å²) >= 11 is 1.81. The van der Waals surface area contributed by atoms with Gasteiger partial charge in [0.25, 0.3) is 0 Å². The number of aliphatic hydroxyl groups excluding tert-OH is 1. The SMILES string of the molecule is O=C(CCN1CCC(CO)CC1)N1CCc2sccc2C1. The monoisotopic (exact) mass is 308 g/mol. The van der Waals surface area contributed by atoms with Crippen LogP contribution in [0.5, 0.6) is 0 Å². The summed E-state index contributed by atoms with van der Waals surface area (Å²) in [4.78, 5) is 18.2. The molecule has 0 atom stereocenters. The minimum atomic E-state index is 0.288.